The number of hydrogen-bond acceptors (Lipinski definition) is 1. The van der Waals surface area contributed by atoms with Crippen LogP contribution < -0.4 is 4.90 Å². The summed E-state index contributed by atoms with van der Waals surface area (Å²) < 4.78 is 0. The molecule has 0 N–H and O–H groups in total. The van der Waals surface area contributed by atoms with Gasteiger partial charge in [0.15, 0.2) is 0 Å². The van der Waals surface area contributed by atoms with Crippen molar-refractivity contribution in [1.82, 2.24) is 0 Å². The molecule has 82 valence electrons. The van der Waals surface area contributed by atoms with Crippen molar-refractivity contribution >= 4 is 5.69 Å². The maximum absolute atomic E-state index is 3.93. The van der Waals surface area contributed by atoms with Gasteiger partial charge in [-0.15, -0.1) is 0 Å². The van der Waals surface area contributed by atoms with Gasteiger partial charge >= 0.3 is 0 Å². The molecule has 1 aromatic rings. The van der Waals surface area contributed by atoms with Crippen molar-refractivity contribution in [3.63, 3.8) is 0 Å². The Morgan fingerprint density at radius 2 is 1.80 bits per heavy atom. The van der Waals surface area contributed by atoms with Crippen molar-refractivity contribution in [3.05, 3.63) is 42.1 Å². The highest BCUT2D eigenvalue weighted by Crippen LogP contribution is 2.18. The van der Waals surface area contributed by atoms with Crippen molar-refractivity contribution in [2.24, 2.45) is 5.92 Å². The molecule has 0 atom stereocenters. The van der Waals surface area contributed by atoms with Crippen LogP contribution in [0.4, 0.5) is 5.69 Å². The molecule has 0 heterocycles. The van der Waals surface area contributed by atoms with Crippen LogP contribution in [0.2, 0.25) is 0 Å². The van der Waals surface area contributed by atoms with Crippen LogP contribution in [-0.4, -0.2) is 7.05 Å². The molecular formula is C14H21N. The summed E-state index contributed by atoms with van der Waals surface area (Å²) in [5.74, 6) is 0.717. The highest BCUT2D eigenvalue weighted by atomic mass is 15.1. The Bertz CT molecular complexity index is 322. The summed E-state index contributed by atoms with van der Waals surface area (Å²) in [7, 11) is 2.04. The highest BCUT2D eigenvalue weighted by Gasteiger charge is 2.02. The predicted molar refractivity (Wildman–Crippen MR) is 68.2 cm³/mol. The summed E-state index contributed by atoms with van der Waals surface area (Å²) in [6.45, 7) is 10.4. The number of anilines is 1. The van der Waals surface area contributed by atoms with Crippen molar-refractivity contribution in [2.45, 2.75) is 27.2 Å². The lowest BCUT2D eigenvalue weighted by Gasteiger charge is -2.19. The largest absolute Gasteiger partial charge is 0.349 e. The fourth-order valence-corrected chi connectivity index (χ4v) is 1.55. The third kappa shape index (κ3) is 3.43. The van der Waals surface area contributed by atoms with Crippen LogP contribution in [0.5, 0.6) is 0 Å². The summed E-state index contributed by atoms with van der Waals surface area (Å²) in [6, 6.07) is 8.72. The molecule has 0 radical (unpaired) electrons. The molecule has 0 aliphatic heterocycles. The standard InChI is InChI=1S/C14H21N/c1-11(2)10-13-6-8-14(9-7-13)15(5)12(3)4/h6-9,11H,3,10H2,1-2,4-5H3. The first-order valence-corrected chi connectivity index (χ1v) is 5.49. The van der Waals surface area contributed by atoms with Crippen LogP contribution in [0.25, 0.3) is 0 Å². The van der Waals surface area contributed by atoms with Crippen molar-refractivity contribution < 1.29 is 0 Å². The van der Waals surface area contributed by atoms with Gasteiger partial charge in [-0.1, -0.05) is 32.6 Å². The van der Waals surface area contributed by atoms with Gasteiger partial charge in [0.25, 0.3) is 0 Å². The SMILES string of the molecule is C=C(C)N(C)c1ccc(CC(C)C)cc1. The Hall–Kier alpha value is -1.24. The van der Waals surface area contributed by atoms with E-state index >= 15 is 0 Å². The van der Waals surface area contributed by atoms with E-state index in [9.17, 15) is 0 Å². The minimum absolute atomic E-state index is 0.717. The van der Waals surface area contributed by atoms with Gasteiger partial charge in [0, 0.05) is 18.4 Å². The Labute approximate surface area is 93.4 Å². The number of rotatable bonds is 4. The van der Waals surface area contributed by atoms with Crippen LogP contribution in [0.15, 0.2) is 36.5 Å². The lowest BCUT2D eigenvalue weighted by molar-refractivity contribution is 0.647. The molecule has 0 saturated heterocycles. The smallest absolute Gasteiger partial charge is 0.0405 e. The van der Waals surface area contributed by atoms with E-state index in [1.807, 2.05) is 14.0 Å². The molecule has 0 unspecified atom stereocenters. The average molecular weight is 203 g/mol. The number of allylic oxidation sites excluding steroid dienone is 1. The van der Waals surface area contributed by atoms with Crippen molar-refractivity contribution in [3.8, 4) is 0 Å². The Morgan fingerprint density at radius 3 is 2.20 bits per heavy atom. The fraction of sp³-hybridized carbons (Fsp3) is 0.429. The summed E-state index contributed by atoms with van der Waals surface area (Å²) in [5, 5.41) is 0. The zero-order valence-corrected chi connectivity index (χ0v) is 10.2. The molecule has 0 fully saturated rings. The molecule has 0 spiro atoms. The van der Waals surface area contributed by atoms with Crippen LogP contribution in [0.1, 0.15) is 26.3 Å². The van der Waals surface area contributed by atoms with Gasteiger partial charge in [-0.05, 0) is 37.0 Å². The molecule has 0 aliphatic carbocycles. The molecule has 0 saturated carbocycles. The van der Waals surface area contributed by atoms with Gasteiger partial charge in [0.1, 0.15) is 0 Å². The van der Waals surface area contributed by atoms with Gasteiger partial charge in [-0.2, -0.15) is 0 Å². The second-order valence-corrected chi connectivity index (χ2v) is 4.56. The van der Waals surface area contributed by atoms with Crippen LogP contribution >= 0.6 is 0 Å². The Kier molecular flexibility index (Phi) is 3.96. The van der Waals surface area contributed by atoms with Gasteiger partial charge in [0.05, 0.1) is 0 Å². The molecule has 1 heteroatoms. The van der Waals surface area contributed by atoms with E-state index in [-0.39, 0.29) is 0 Å². The van der Waals surface area contributed by atoms with Gasteiger partial charge < -0.3 is 4.90 Å². The second kappa shape index (κ2) is 5.01. The molecule has 1 nitrogen and oxygen atoms in total. The first-order chi connectivity index (χ1) is 7.00. The zero-order valence-electron chi connectivity index (χ0n) is 10.2. The Morgan fingerprint density at radius 1 is 1.27 bits per heavy atom. The summed E-state index contributed by atoms with van der Waals surface area (Å²) in [5.41, 5.74) is 3.67. The topological polar surface area (TPSA) is 3.24 Å². The molecule has 15 heavy (non-hydrogen) atoms. The van der Waals surface area contributed by atoms with E-state index in [0.717, 1.165) is 18.0 Å². The van der Waals surface area contributed by atoms with E-state index in [1.54, 1.807) is 0 Å². The second-order valence-electron chi connectivity index (χ2n) is 4.56. The van der Waals surface area contributed by atoms with E-state index in [2.05, 4.69) is 49.6 Å². The molecule has 0 aliphatic rings. The van der Waals surface area contributed by atoms with Gasteiger partial charge in [-0.3, -0.25) is 0 Å². The summed E-state index contributed by atoms with van der Waals surface area (Å²) in [6.07, 6.45) is 1.15. The summed E-state index contributed by atoms with van der Waals surface area (Å²) >= 11 is 0. The van der Waals surface area contributed by atoms with E-state index < -0.39 is 0 Å². The third-order valence-corrected chi connectivity index (χ3v) is 2.54. The molecule has 0 bridgehead atoms. The van der Waals surface area contributed by atoms with Crippen LogP contribution in [0, 0.1) is 5.92 Å². The van der Waals surface area contributed by atoms with E-state index in [4.69, 9.17) is 0 Å². The molecular weight excluding hydrogens is 182 g/mol. The van der Waals surface area contributed by atoms with E-state index in [0.29, 0.717) is 0 Å². The molecule has 0 amide bonds. The molecule has 1 aromatic carbocycles. The lowest BCUT2D eigenvalue weighted by atomic mass is 10.0. The number of benzene rings is 1. The van der Waals surface area contributed by atoms with Gasteiger partial charge in [-0.25, -0.2) is 0 Å². The minimum Gasteiger partial charge on any atom is -0.349 e. The van der Waals surface area contributed by atoms with Crippen molar-refractivity contribution in [2.75, 3.05) is 11.9 Å². The number of nitrogens with zero attached hydrogens (tertiary/aromatic N) is 1. The van der Waals surface area contributed by atoms with Gasteiger partial charge in [0.2, 0.25) is 0 Å². The predicted octanol–water partition coefficient (Wildman–Crippen LogP) is 3.85. The lowest BCUT2D eigenvalue weighted by Crippen LogP contribution is -2.12. The van der Waals surface area contributed by atoms with Crippen LogP contribution in [0.3, 0.4) is 0 Å². The van der Waals surface area contributed by atoms with Crippen LogP contribution in [-0.2, 0) is 6.42 Å². The van der Waals surface area contributed by atoms with Crippen molar-refractivity contribution in [1.29, 1.82) is 0 Å². The highest BCUT2D eigenvalue weighted by molar-refractivity contribution is 5.51. The minimum atomic E-state index is 0.717. The molecule has 1 rings (SSSR count). The number of hydrogen-bond donors (Lipinski definition) is 0. The maximum Gasteiger partial charge on any atom is 0.0405 e. The summed E-state index contributed by atoms with van der Waals surface area (Å²) in [4.78, 5) is 2.10. The normalized spacial score (nSPS) is 10.5. The fourth-order valence-electron chi connectivity index (χ4n) is 1.55. The third-order valence-electron chi connectivity index (χ3n) is 2.54. The first-order valence-electron chi connectivity index (χ1n) is 5.49. The Balaban J connectivity index is 2.76. The maximum atomic E-state index is 3.93. The quantitative estimate of drug-likeness (QED) is 0.718. The average Bonchev–Trinajstić information content (AvgIpc) is 2.17. The molecule has 0 aromatic heterocycles. The van der Waals surface area contributed by atoms with E-state index in [1.165, 1.54) is 11.3 Å². The monoisotopic (exact) mass is 203 g/mol. The zero-order chi connectivity index (χ0) is 11.4. The first kappa shape index (κ1) is 11.8.